The third-order valence-electron chi connectivity index (χ3n) is 5.63. The molecule has 25 heavy (non-hydrogen) atoms. The molecule has 6 nitrogen and oxygen atoms in total. The number of nitrogens with zero attached hydrogens (tertiary/aromatic N) is 5. The van der Waals surface area contributed by atoms with Gasteiger partial charge in [-0.1, -0.05) is 11.6 Å². The molecule has 0 unspecified atom stereocenters. The van der Waals surface area contributed by atoms with Crippen LogP contribution in [0.15, 0.2) is 29.0 Å². The summed E-state index contributed by atoms with van der Waals surface area (Å²) in [5, 5.41) is 4.16. The number of likely N-dealkylation sites (tertiary alicyclic amines) is 1. The first-order chi connectivity index (χ1) is 12.4. The zero-order valence-corrected chi connectivity index (χ0v) is 14.4. The van der Waals surface area contributed by atoms with Gasteiger partial charge in [-0.15, -0.1) is 0 Å². The normalized spacial score (nSPS) is 18.9. The van der Waals surface area contributed by atoms with E-state index in [1.165, 1.54) is 50.7 Å². The van der Waals surface area contributed by atoms with Gasteiger partial charge in [-0.25, -0.2) is 4.98 Å². The van der Waals surface area contributed by atoms with Crippen molar-refractivity contribution in [1.82, 2.24) is 24.6 Å². The number of hydrogen-bond donors (Lipinski definition) is 0. The van der Waals surface area contributed by atoms with E-state index in [1.54, 1.807) is 0 Å². The molecule has 0 bridgehead atoms. The Morgan fingerprint density at radius 2 is 1.96 bits per heavy atom. The fourth-order valence-electron chi connectivity index (χ4n) is 3.81. The van der Waals surface area contributed by atoms with Crippen LogP contribution in [0.2, 0.25) is 0 Å². The molecule has 3 heterocycles. The highest BCUT2D eigenvalue weighted by Gasteiger charge is 2.25. The molecule has 0 N–H and O–H groups in total. The van der Waals surface area contributed by atoms with Crippen molar-refractivity contribution in [2.75, 3.05) is 19.6 Å². The summed E-state index contributed by atoms with van der Waals surface area (Å²) in [6, 6.07) is 6.27. The van der Waals surface area contributed by atoms with Gasteiger partial charge in [0.15, 0.2) is 0 Å². The number of benzene rings is 1. The van der Waals surface area contributed by atoms with E-state index in [0.717, 1.165) is 30.1 Å². The van der Waals surface area contributed by atoms with Crippen LogP contribution in [0, 0.1) is 0 Å². The molecule has 1 saturated carbocycles. The summed E-state index contributed by atoms with van der Waals surface area (Å²) in [6.45, 7) is 4.56. The quantitative estimate of drug-likeness (QED) is 0.714. The van der Waals surface area contributed by atoms with Crippen molar-refractivity contribution in [3.05, 3.63) is 30.4 Å². The fraction of sp³-hybridized carbons (Fsp3) is 0.526. The molecular weight excluding hydrogens is 314 g/mol. The second-order valence-corrected chi connectivity index (χ2v) is 7.27. The largest absolute Gasteiger partial charge is 0.339 e. The first kappa shape index (κ1) is 15.1. The third kappa shape index (κ3) is 2.84. The topological polar surface area (TPSA) is 60.0 Å². The Labute approximate surface area is 146 Å². The lowest BCUT2D eigenvalue weighted by molar-refractivity contribution is 0.292. The van der Waals surface area contributed by atoms with Crippen molar-refractivity contribution in [3.8, 4) is 11.4 Å². The molecular formula is C19H23N5O. The van der Waals surface area contributed by atoms with E-state index in [0.29, 0.717) is 11.7 Å². The second kappa shape index (κ2) is 6.26. The van der Waals surface area contributed by atoms with Crippen LogP contribution in [0.1, 0.15) is 43.9 Å². The molecule has 130 valence electrons. The standard InChI is InChI=1S/C19H23N5O/c1-2-9-23(8-1)10-11-24-13-20-16-12-15(6-7-17(16)24)18-21-19(25-22-18)14-4-3-5-14/h6-7,12-14H,1-5,8-11H2. The molecule has 0 radical (unpaired) electrons. The highest BCUT2D eigenvalue weighted by molar-refractivity contribution is 5.80. The number of hydrogen-bond acceptors (Lipinski definition) is 5. The molecule has 1 saturated heterocycles. The van der Waals surface area contributed by atoms with Crippen LogP contribution in [0.25, 0.3) is 22.4 Å². The molecule has 0 atom stereocenters. The summed E-state index contributed by atoms with van der Waals surface area (Å²) < 4.78 is 7.69. The van der Waals surface area contributed by atoms with E-state index in [1.807, 2.05) is 6.33 Å². The van der Waals surface area contributed by atoms with Gasteiger partial charge >= 0.3 is 0 Å². The van der Waals surface area contributed by atoms with E-state index in [2.05, 4.69) is 42.8 Å². The van der Waals surface area contributed by atoms with E-state index in [9.17, 15) is 0 Å². The minimum Gasteiger partial charge on any atom is -0.339 e. The molecule has 2 aliphatic rings. The number of aromatic nitrogens is 4. The first-order valence-electron chi connectivity index (χ1n) is 9.38. The summed E-state index contributed by atoms with van der Waals surface area (Å²) >= 11 is 0. The van der Waals surface area contributed by atoms with Crippen molar-refractivity contribution in [2.24, 2.45) is 0 Å². The zero-order chi connectivity index (χ0) is 16.6. The number of fused-ring (bicyclic) bond motifs is 1. The lowest BCUT2D eigenvalue weighted by atomic mass is 9.85. The van der Waals surface area contributed by atoms with Gasteiger partial charge in [0.2, 0.25) is 11.7 Å². The van der Waals surface area contributed by atoms with Crippen LogP contribution in [0.3, 0.4) is 0 Å². The lowest BCUT2D eigenvalue weighted by Crippen LogP contribution is -2.23. The minimum absolute atomic E-state index is 0.467. The van der Waals surface area contributed by atoms with Crippen molar-refractivity contribution < 1.29 is 4.52 Å². The van der Waals surface area contributed by atoms with E-state index < -0.39 is 0 Å². The second-order valence-electron chi connectivity index (χ2n) is 7.27. The smallest absolute Gasteiger partial charge is 0.230 e. The van der Waals surface area contributed by atoms with E-state index >= 15 is 0 Å². The van der Waals surface area contributed by atoms with Crippen LogP contribution < -0.4 is 0 Å². The molecule has 6 heteroatoms. The molecule has 1 aromatic carbocycles. The third-order valence-corrected chi connectivity index (χ3v) is 5.63. The van der Waals surface area contributed by atoms with Gasteiger partial charge in [0.25, 0.3) is 0 Å². The number of rotatable bonds is 5. The maximum Gasteiger partial charge on any atom is 0.230 e. The summed E-state index contributed by atoms with van der Waals surface area (Å²) in [5.74, 6) is 1.93. The summed E-state index contributed by atoms with van der Waals surface area (Å²) in [7, 11) is 0. The Hall–Kier alpha value is -2.21. The Morgan fingerprint density at radius 1 is 1.08 bits per heavy atom. The van der Waals surface area contributed by atoms with Crippen molar-refractivity contribution in [2.45, 2.75) is 44.6 Å². The van der Waals surface area contributed by atoms with Gasteiger partial charge < -0.3 is 14.0 Å². The Bertz CT molecular complexity index is 873. The highest BCUT2D eigenvalue weighted by Crippen LogP contribution is 2.36. The number of imidazole rings is 1. The van der Waals surface area contributed by atoms with Gasteiger partial charge in [-0.3, -0.25) is 0 Å². The summed E-state index contributed by atoms with van der Waals surface area (Å²) in [4.78, 5) is 11.7. The molecule has 1 aliphatic carbocycles. The Kier molecular flexibility index (Phi) is 3.77. The fourth-order valence-corrected chi connectivity index (χ4v) is 3.81. The van der Waals surface area contributed by atoms with E-state index in [4.69, 9.17) is 4.52 Å². The first-order valence-corrected chi connectivity index (χ1v) is 9.38. The molecule has 0 spiro atoms. The van der Waals surface area contributed by atoms with Crippen LogP contribution in [-0.2, 0) is 6.54 Å². The Balaban J connectivity index is 1.35. The molecule has 2 fully saturated rings. The maximum absolute atomic E-state index is 5.44. The molecule has 3 aromatic rings. The average molecular weight is 337 g/mol. The lowest BCUT2D eigenvalue weighted by Gasteiger charge is -2.20. The van der Waals surface area contributed by atoms with Crippen molar-refractivity contribution in [1.29, 1.82) is 0 Å². The maximum atomic E-state index is 5.44. The van der Waals surface area contributed by atoms with Gasteiger partial charge in [0, 0.05) is 24.6 Å². The summed E-state index contributed by atoms with van der Waals surface area (Å²) in [6.07, 6.45) is 8.22. The van der Waals surface area contributed by atoms with Gasteiger partial charge in [-0.2, -0.15) is 4.98 Å². The van der Waals surface area contributed by atoms with Gasteiger partial charge in [0.1, 0.15) is 0 Å². The van der Waals surface area contributed by atoms with Crippen LogP contribution in [-0.4, -0.2) is 44.2 Å². The Morgan fingerprint density at radius 3 is 2.76 bits per heavy atom. The molecule has 0 amide bonds. The van der Waals surface area contributed by atoms with Crippen molar-refractivity contribution in [3.63, 3.8) is 0 Å². The monoisotopic (exact) mass is 337 g/mol. The van der Waals surface area contributed by atoms with Gasteiger partial charge in [0.05, 0.1) is 17.4 Å². The van der Waals surface area contributed by atoms with Gasteiger partial charge in [-0.05, 0) is 57.0 Å². The van der Waals surface area contributed by atoms with E-state index in [-0.39, 0.29) is 0 Å². The van der Waals surface area contributed by atoms with Crippen LogP contribution >= 0.6 is 0 Å². The predicted octanol–water partition coefficient (Wildman–Crippen LogP) is 3.45. The molecule has 2 aromatic heterocycles. The molecule has 1 aliphatic heterocycles. The average Bonchev–Trinajstić information content (AvgIpc) is 3.32. The molecule has 5 rings (SSSR count). The van der Waals surface area contributed by atoms with Crippen LogP contribution in [0.5, 0.6) is 0 Å². The SMILES string of the molecule is c1cc2c(cc1-c1noc(C3CCC3)n1)ncn2CCN1CCCC1. The summed E-state index contributed by atoms with van der Waals surface area (Å²) in [5.41, 5.74) is 3.14. The highest BCUT2D eigenvalue weighted by atomic mass is 16.5. The van der Waals surface area contributed by atoms with Crippen LogP contribution in [0.4, 0.5) is 0 Å². The van der Waals surface area contributed by atoms with Crippen molar-refractivity contribution >= 4 is 11.0 Å². The zero-order valence-electron chi connectivity index (χ0n) is 14.4. The minimum atomic E-state index is 0.467. The predicted molar refractivity (Wildman–Crippen MR) is 95.3 cm³/mol.